The minimum atomic E-state index is 0.412. The molecule has 1 N–H and O–H groups in total. The molecule has 0 bridgehead atoms. The van der Waals surface area contributed by atoms with Crippen molar-refractivity contribution in [2.24, 2.45) is 0 Å². The van der Waals surface area contributed by atoms with Gasteiger partial charge >= 0.3 is 0 Å². The summed E-state index contributed by atoms with van der Waals surface area (Å²) in [7, 11) is 4.09. The van der Waals surface area contributed by atoms with Crippen molar-refractivity contribution in [1.29, 1.82) is 0 Å². The van der Waals surface area contributed by atoms with E-state index in [1.165, 1.54) is 10.5 Å². The Morgan fingerprint density at radius 2 is 2.08 bits per heavy atom. The predicted octanol–water partition coefficient (Wildman–Crippen LogP) is 0.434. The fourth-order valence-electron chi connectivity index (χ4n) is 1.71. The van der Waals surface area contributed by atoms with Crippen LogP contribution >= 0.6 is 0 Å². The van der Waals surface area contributed by atoms with Gasteiger partial charge in [-0.25, -0.2) is 0 Å². The summed E-state index contributed by atoms with van der Waals surface area (Å²) in [6.45, 7) is 2.63. The molecule has 1 aromatic rings. The summed E-state index contributed by atoms with van der Waals surface area (Å²) in [6, 6.07) is 10.9. The van der Waals surface area contributed by atoms with Gasteiger partial charge in [-0.05, 0) is 0 Å². The molecule has 1 aliphatic heterocycles. The Labute approximate surface area is 79.1 Å². The zero-order valence-corrected chi connectivity index (χ0v) is 7.70. The highest BCUT2D eigenvalue weighted by atomic mass is 16.5. The van der Waals surface area contributed by atoms with Crippen LogP contribution in [0.1, 0.15) is 11.6 Å². The molecule has 0 saturated carbocycles. The average Bonchev–Trinajstić information content (AvgIpc) is 2.20. The van der Waals surface area contributed by atoms with Gasteiger partial charge in [0.2, 0.25) is 0 Å². The maximum Gasteiger partial charge on any atom is 0.113 e. The first kappa shape index (κ1) is 8.73. The number of ether oxygens (including phenoxy) is 1. The topological polar surface area (TPSA) is 13.7 Å². The van der Waals surface area contributed by atoms with Crippen molar-refractivity contribution in [2.45, 2.75) is 6.04 Å². The summed E-state index contributed by atoms with van der Waals surface area (Å²) in [5.74, 6) is 0. The normalized spacial score (nSPS) is 28.7. The Morgan fingerprint density at radius 1 is 1.31 bits per heavy atom. The second-order valence-electron chi connectivity index (χ2n) is 3.45. The summed E-state index contributed by atoms with van der Waals surface area (Å²) in [5, 5.41) is 0. The molecule has 0 aromatic heterocycles. The fourth-order valence-corrected chi connectivity index (χ4v) is 1.71. The van der Waals surface area contributed by atoms with Gasteiger partial charge in [-0.2, -0.15) is 7.05 Å². The second kappa shape index (κ2) is 3.90. The molecule has 13 heavy (non-hydrogen) atoms. The third-order valence-electron chi connectivity index (χ3n) is 2.55. The van der Waals surface area contributed by atoms with E-state index in [1.807, 2.05) is 6.07 Å². The van der Waals surface area contributed by atoms with Crippen LogP contribution in [0.3, 0.4) is 0 Å². The Hall–Kier alpha value is -0.860. The first-order chi connectivity index (χ1) is 6.38. The van der Waals surface area contributed by atoms with Gasteiger partial charge in [0.1, 0.15) is 12.6 Å². The molecule has 1 saturated heterocycles. The van der Waals surface area contributed by atoms with Gasteiger partial charge in [0, 0.05) is 5.56 Å². The van der Waals surface area contributed by atoms with Crippen molar-refractivity contribution in [2.75, 3.05) is 19.8 Å². The molecule has 0 radical (unpaired) electrons. The van der Waals surface area contributed by atoms with E-state index < -0.39 is 0 Å². The molecule has 2 heteroatoms. The first-order valence-electron chi connectivity index (χ1n) is 4.68. The van der Waals surface area contributed by atoms with Crippen molar-refractivity contribution < 1.29 is 9.64 Å². The van der Waals surface area contributed by atoms with Gasteiger partial charge in [-0.1, -0.05) is 30.3 Å². The molecular formula is C11H15NO. The van der Waals surface area contributed by atoms with Gasteiger partial charge in [-0.15, -0.1) is 0 Å². The van der Waals surface area contributed by atoms with Crippen molar-refractivity contribution in [3.05, 3.63) is 42.9 Å². The minimum Gasteiger partial charge on any atom is -0.458 e. The van der Waals surface area contributed by atoms with E-state index >= 15 is 0 Å². The van der Waals surface area contributed by atoms with E-state index in [0.717, 1.165) is 19.8 Å². The zero-order chi connectivity index (χ0) is 9.10. The highest BCUT2D eigenvalue weighted by Crippen LogP contribution is 2.10. The Bertz CT molecular complexity index is 260. The molecule has 1 heterocycles. The predicted molar refractivity (Wildman–Crippen MR) is 51.2 cm³/mol. The maximum atomic E-state index is 5.45. The van der Waals surface area contributed by atoms with E-state index in [2.05, 4.69) is 31.3 Å². The molecular weight excluding hydrogens is 162 g/mol. The molecule has 1 aliphatic rings. The number of quaternary nitrogens is 1. The number of rotatable bonds is 1. The molecule has 2 nitrogen and oxygen atoms in total. The Balaban J connectivity index is 2.15. The number of morpholine rings is 1. The van der Waals surface area contributed by atoms with Crippen LogP contribution < -0.4 is 4.90 Å². The van der Waals surface area contributed by atoms with Gasteiger partial charge in [0.05, 0.1) is 13.2 Å². The molecule has 2 unspecified atom stereocenters. The number of nitrogens with one attached hydrogen (secondary N) is 1. The van der Waals surface area contributed by atoms with Crippen LogP contribution in [0.4, 0.5) is 0 Å². The van der Waals surface area contributed by atoms with Crippen LogP contribution in [0.15, 0.2) is 30.3 Å². The largest absolute Gasteiger partial charge is 0.458 e. The summed E-state index contributed by atoms with van der Waals surface area (Å²) < 4.78 is 5.45. The van der Waals surface area contributed by atoms with Crippen molar-refractivity contribution >= 4 is 0 Å². The molecule has 0 amide bonds. The molecule has 2 rings (SSSR count). The lowest BCUT2D eigenvalue weighted by Gasteiger charge is -2.35. The van der Waals surface area contributed by atoms with Crippen LogP contribution in [-0.2, 0) is 4.74 Å². The molecule has 2 atom stereocenters. The molecule has 70 valence electrons. The van der Waals surface area contributed by atoms with Gasteiger partial charge in [0.15, 0.2) is 0 Å². The average molecular weight is 177 g/mol. The third-order valence-corrected chi connectivity index (χ3v) is 2.55. The van der Waals surface area contributed by atoms with Crippen LogP contribution in [0.25, 0.3) is 0 Å². The highest BCUT2D eigenvalue weighted by Gasteiger charge is 2.20. The van der Waals surface area contributed by atoms with E-state index in [1.54, 1.807) is 0 Å². The van der Waals surface area contributed by atoms with E-state index in [-0.39, 0.29) is 0 Å². The van der Waals surface area contributed by atoms with Gasteiger partial charge in [0.25, 0.3) is 0 Å². The summed E-state index contributed by atoms with van der Waals surface area (Å²) in [6.07, 6.45) is 0. The Kier molecular flexibility index (Phi) is 2.62. The monoisotopic (exact) mass is 177 g/mol. The van der Waals surface area contributed by atoms with Crippen LogP contribution in [0.2, 0.25) is 0 Å². The van der Waals surface area contributed by atoms with E-state index in [0.29, 0.717) is 6.04 Å². The fraction of sp³-hybridized carbons (Fsp3) is 0.364. The lowest BCUT2D eigenvalue weighted by atomic mass is 10.1. The lowest BCUT2D eigenvalue weighted by molar-refractivity contribution is -0.897. The molecule has 1 fully saturated rings. The summed E-state index contributed by atoms with van der Waals surface area (Å²) in [5.41, 5.74) is 1.33. The molecule has 0 spiro atoms. The van der Waals surface area contributed by atoms with Crippen LogP contribution in [0, 0.1) is 7.05 Å². The van der Waals surface area contributed by atoms with E-state index in [9.17, 15) is 0 Å². The first-order valence-corrected chi connectivity index (χ1v) is 4.68. The van der Waals surface area contributed by atoms with E-state index in [4.69, 9.17) is 4.74 Å². The number of hydrogen-bond acceptors (Lipinski definition) is 1. The second-order valence-corrected chi connectivity index (χ2v) is 3.45. The van der Waals surface area contributed by atoms with Crippen LogP contribution in [-0.4, -0.2) is 19.8 Å². The SMILES string of the molecule is [CH2-][NH+]1CCOCC1c1ccccc1. The molecule has 0 aliphatic carbocycles. The molecule has 1 aromatic carbocycles. The highest BCUT2D eigenvalue weighted by molar-refractivity contribution is 5.17. The van der Waals surface area contributed by atoms with Crippen molar-refractivity contribution in [3.8, 4) is 0 Å². The van der Waals surface area contributed by atoms with Gasteiger partial charge in [-0.3, -0.25) is 0 Å². The smallest absolute Gasteiger partial charge is 0.113 e. The maximum absolute atomic E-state index is 5.45. The standard InChI is InChI=1S/C11H15NO/c1-12-7-8-13-9-11(12)10-5-3-2-4-6-10/h2-6,11-12H,1,7-9H2. The van der Waals surface area contributed by atoms with Crippen LogP contribution in [0.5, 0.6) is 0 Å². The summed E-state index contributed by atoms with van der Waals surface area (Å²) >= 11 is 0. The minimum absolute atomic E-state index is 0.412. The quantitative estimate of drug-likeness (QED) is 0.614. The van der Waals surface area contributed by atoms with Crippen molar-refractivity contribution in [1.82, 2.24) is 0 Å². The zero-order valence-electron chi connectivity index (χ0n) is 7.70. The number of hydrogen-bond donors (Lipinski definition) is 1. The van der Waals surface area contributed by atoms with Crippen molar-refractivity contribution in [3.63, 3.8) is 0 Å². The summed E-state index contributed by atoms with van der Waals surface area (Å²) in [4.78, 5) is 1.30. The van der Waals surface area contributed by atoms with Gasteiger partial charge < -0.3 is 9.64 Å². The Morgan fingerprint density at radius 3 is 2.77 bits per heavy atom. The third kappa shape index (κ3) is 1.90. The lowest BCUT2D eigenvalue weighted by Crippen LogP contribution is -3.09. The number of benzene rings is 1.